The van der Waals surface area contributed by atoms with E-state index in [1.54, 1.807) is 18.3 Å². The molecule has 2 unspecified atom stereocenters. The highest BCUT2D eigenvalue weighted by Gasteiger charge is 2.33. The molecule has 1 saturated carbocycles. The Hall–Kier alpha value is -1.57. The van der Waals surface area contributed by atoms with E-state index in [-0.39, 0.29) is 42.7 Å². The third-order valence-electron chi connectivity index (χ3n) is 4.77. The molecule has 0 aromatic carbocycles. The Labute approximate surface area is 159 Å². The van der Waals surface area contributed by atoms with Gasteiger partial charge in [0.05, 0.1) is 5.56 Å². The van der Waals surface area contributed by atoms with Crippen LogP contribution in [0.4, 0.5) is 5.82 Å². The van der Waals surface area contributed by atoms with Crippen LogP contribution in [0.15, 0.2) is 18.3 Å². The molecule has 2 heterocycles. The van der Waals surface area contributed by atoms with Crippen molar-refractivity contribution in [2.24, 2.45) is 17.4 Å². The van der Waals surface area contributed by atoms with Gasteiger partial charge < -0.3 is 21.3 Å². The maximum absolute atomic E-state index is 12.5. The van der Waals surface area contributed by atoms with Gasteiger partial charge in [0.15, 0.2) is 0 Å². The predicted octanol–water partition coefficient (Wildman–Crippen LogP) is 0.800. The second-order valence-electron chi connectivity index (χ2n) is 6.32. The smallest absolute Gasteiger partial charge is 0.252 e. The quantitative estimate of drug-likeness (QED) is 0.794. The van der Waals surface area contributed by atoms with Gasteiger partial charge in [-0.15, -0.1) is 24.8 Å². The van der Waals surface area contributed by atoms with E-state index in [2.05, 4.69) is 4.98 Å². The summed E-state index contributed by atoms with van der Waals surface area (Å²) in [6.45, 7) is 2.59. The van der Waals surface area contributed by atoms with Crippen molar-refractivity contribution in [3.05, 3.63) is 23.9 Å². The van der Waals surface area contributed by atoms with E-state index in [9.17, 15) is 9.59 Å². The second-order valence-corrected chi connectivity index (χ2v) is 6.32. The van der Waals surface area contributed by atoms with E-state index in [4.69, 9.17) is 11.5 Å². The molecule has 2 aliphatic rings. The van der Waals surface area contributed by atoms with Gasteiger partial charge in [0.25, 0.3) is 5.91 Å². The topological polar surface area (TPSA) is 106 Å². The number of nitrogens with zero attached hydrogens (tertiary/aromatic N) is 3. The van der Waals surface area contributed by atoms with E-state index in [0.717, 1.165) is 19.3 Å². The Morgan fingerprint density at radius 2 is 1.80 bits per heavy atom. The van der Waals surface area contributed by atoms with Crippen LogP contribution >= 0.6 is 24.8 Å². The SMILES string of the molecule is Cl.Cl.NC(=O)c1cccnc1N1CCN(C(=O)C2CCC(N)C2)CC1. The molecule has 0 radical (unpaired) electrons. The number of primary amides is 1. The summed E-state index contributed by atoms with van der Waals surface area (Å²) in [5, 5.41) is 0. The first-order chi connectivity index (χ1) is 11.1. The Bertz CT molecular complexity index is 608. The number of hydrogen-bond acceptors (Lipinski definition) is 5. The monoisotopic (exact) mass is 389 g/mol. The van der Waals surface area contributed by atoms with Crippen LogP contribution in [-0.2, 0) is 4.79 Å². The molecule has 1 aliphatic carbocycles. The van der Waals surface area contributed by atoms with Crippen LogP contribution in [-0.4, -0.2) is 53.9 Å². The Morgan fingerprint density at radius 1 is 1.12 bits per heavy atom. The summed E-state index contributed by atoms with van der Waals surface area (Å²) < 4.78 is 0. The summed E-state index contributed by atoms with van der Waals surface area (Å²) in [5.74, 6) is 0.419. The number of carbonyl (C=O) groups is 2. The van der Waals surface area contributed by atoms with Gasteiger partial charge in [-0.1, -0.05) is 0 Å². The summed E-state index contributed by atoms with van der Waals surface area (Å²) in [4.78, 5) is 32.3. The molecule has 2 fully saturated rings. The Kier molecular flexibility index (Phi) is 7.92. The van der Waals surface area contributed by atoms with Crippen molar-refractivity contribution < 1.29 is 9.59 Å². The van der Waals surface area contributed by atoms with Gasteiger partial charge in [0.1, 0.15) is 5.82 Å². The fraction of sp³-hybridized carbons (Fsp3) is 0.562. The highest BCUT2D eigenvalue weighted by Crippen LogP contribution is 2.27. The molecule has 0 spiro atoms. The van der Waals surface area contributed by atoms with Gasteiger partial charge in [0.2, 0.25) is 5.91 Å². The fourth-order valence-electron chi connectivity index (χ4n) is 3.48. The largest absolute Gasteiger partial charge is 0.365 e. The van der Waals surface area contributed by atoms with Crippen LogP contribution < -0.4 is 16.4 Å². The number of nitrogens with two attached hydrogens (primary N) is 2. The number of carbonyl (C=O) groups excluding carboxylic acids is 2. The standard InChI is InChI=1S/C16H23N5O2.2ClH/c17-12-4-3-11(10-12)16(23)21-8-6-20(7-9-21)15-13(14(18)22)2-1-5-19-15;;/h1-2,5,11-12H,3-4,6-10,17H2,(H2,18,22);2*1H. The summed E-state index contributed by atoms with van der Waals surface area (Å²) in [6, 6.07) is 3.55. The van der Waals surface area contributed by atoms with Gasteiger partial charge in [-0.25, -0.2) is 4.98 Å². The molecule has 25 heavy (non-hydrogen) atoms. The van der Waals surface area contributed by atoms with E-state index in [1.165, 1.54) is 0 Å². The zero-order valence-corrected chi connectivity index (χ0v) is 15.6. The summed E-state index contributed by atoms with van der Waals surface area (Å²) in [5.41, 5.74) is 11.7. The summed E-state index contributed by atoms with van der Waals surface area (Å²) in [6.07, 6.45) is 4.28. The van der Waals surface area contributed by atoms with E-state index in [0.29, 0.717) is 37.6 Å². The van der Waals surface area contributed by atoms with Crippen LogP contribution in [0.2, 0.25) is 0 Å². The van der Waals surface area contributed by atoms with E-state index < -0.39 is 5.91 Å². The third kappa shape index (κ3) is 4.74. The fourth-order valence-corrected chi connectivity index (χ4v) is 3.48. The number of pyridine rings is 1. The van der Waals surface area contributed by atoms with Crippen molar-refractivity contribution in [2.45, 2.75) is 25.3 Å². The molecule has 3 rings (SSSR count). The molecule has 1 saturated heterocycles. The molecule has 7 nitrogen and oxygen atoms in total. The number of halogens is 2. The maximum atomic E-state index is 12.5. The summed E-state index contributed by atoms with van der Waals surface area (Å²) >= 11 is 0. The molecular weight excluding hydrogens is 365 g/mol. The molecule has 140 valence electrons. The number of hydrogen-bond donors (Lipinski definition) is 2. The van der Waals surface area contributed by atoms with E-state index >= 15 is 0 Å². The van der Waals surface area contributed by atoms with Crippen molar-refractivity contribution in [2.75, 3.05) is 31.1 Å². The van der Waals surface area contributed by atoms with Crippen LogP contribution in [0.1, 0.15) is 29.6 Å². The van der Waals surface area contributed by atoms with Crippen LogP contribution in [0.5, 0.6) is 0 Å². The van der Waals surface area contributed by atoms with Crippen molar-refractivity contribution in [1.29, 1.82) is 0 Å². The Balaban J connectivity index is 0.00000156. The van der Waals surface area contributed by atoms with Crippen molar-refractivity contribution in [3.63, 3.8) is 0 Å². The first-order valence-electron chi connectivity index (χ1n) is 8.10. The first-order valence-corrected chi connectivity index (χ1v) is 8.10. The van der Waals surface area contributed by atoms with Gasteiger partial charge in [-0.05, 0) is 31.4 Å². The number of anilines is 1. The number of aromatic nitrogens is 1. The molecule has 1 aromatic rings. The first kappa shape index (κ1) is 21.5. The minimum absolute atomic E-state index is 0. The summed E-state index contributed by atoms with van der Waals surface area (Å²) in [7, 11) is 0. The zero-order valence-electron chi connectivity index (χ0n) is 14.0. The molecule has 0 bridgehead atoms. The number of piperazine rings is 1. The average Bonchev–Trinajstić information content (AvgIpc) is 3.01. The number of rotatable bonds is 3. The highest BCUT2D eigenvalue weighted by molar-refractivity contribution is 5.97. The van der Waals surface area contributed by atoms with Gasteiger partial charge in [0, 0.05) is 44.3 Å². The van der Waals surface area contributed by atoms with Gasteiger partial charge in [-0.2, -0.15) is 0 Å². The van der Waals surface area contributed by atoms with Crippen molar-refractivity contribution >= 4 is 42.4 Å². The lowest BCUT2D eigenvalue weighted by Gasteiger charge is -2.37. The lowest BCUT2D eigenvalue weighted by molar-refractivity contribution is -0.135. The predicted molar refractivity (Wildman–Crippen MR) is 101 cm³/mol. The lowest BCUT2D eigenvalue weighted by Crippen LogP contribution is -2.50. The lowest BCUT2D eigenvalue weighted by atomic mass is 10.1. The third-order valence-corrected chi connectivity index (χ3v) is 4.77. The van der Waals surface area contributed by atoms with Crippen LogP contribution in [0.25, 0.3) is 0 Å². The molecule has 9 heteroatoms. The zero-order chi connectivity index (χ0) is 16.4. The van der Waals surface area contributed by atoms with Crippen LogP contribution in [0.3, 0.4) is 0 Å². The minimum Gasteiger partial charge on any atom is -0.365 e. The molecule has 1 aliphatic heterocycles. The highest BCUT2D eigenvalue weighted by atomic mass is 35.5. The molecule has 2 atom stereocenters. The molecule has 1 aromatic heterocycles. The Morgan fingerprint density at radius 3 is 2.36 bits per heavy atom. The second kappa shape index (κ2) is 9.22. The molecular formula is C16H25Cl2N5O2. The molecule has 4 N–H and O–H groups in total. The van der Waals surface area contributed by atoms with Gasteiger partial charge in [-0.3, -0.25) is 9.59 Å². The maximum Gasteiger partial charge on any atom is 0.252 e. The number of amides is 2. The van der Waals surface area contributed by atoms with Crippen molar-refractivity contribution in [1.82, 2.24) is 9.88 Å². The molecule has 2 amide bonds. The van der Waals surface area contributed by atoms with E-state index in [1.807, 2.05) is 9.80 Å². The average molecular weight is 390 g/mol. The van der Waals surface area contributed by atoms with Crippen molar-refractivity contribution in [3.8, 4) is 0 Å². The van der Waals surface area contributed by atoms with Crippen LogP contribution in [0, 0.1) is 5.92 Å². The van der Waals surface area contributed by atoms with Gasteiger partial charge >= 0.3 is 0 Å². The normalized spacial score (nSPS) is 22.8. The minimum atomic E-state index is -0.480.